The van der Waals surface area contributed by atoms with Crippen molar-refractivity contribution in [1.82, 2.24) is 19.9 Å². The zero-order valence-corrected chi connectivity index (χ0v) is 23.1. The van der Waals surface area contributed by atoms with Crippen LogP contribution >= 0.6 is 11.6 Å². The minimum atomic E-state index is -4.51. The molecule has 1 amide bonds. The molecule has 0 radical (unpaired) electrons. The molecule has 1 aliphatic heterocycles. The second-order valence-corrected chi connectivity index (χ2v) is 10.9. The first-order valence-corrected chi connectivity index (χ1v) is 13.2. The summed E-state index contributed by atoms with van der Waals surface area (Å²) in [6.45, 7) is 4.72. The molecule has 0 atom stereocenters. The number of ether oxygens (including phenoxy) is 2. The van der Waals surface area contributed by atoms with Crippen molar-refractivity contribution in [2.45, 2.75) is 90.1 Å². The van der Waals surface area contributed by atoms with Crippen LogP contribution in [0.3, 0.4) is 0 Å². The molecular formula is C26H32ClF3N6O3. The summed E-state index contributed by atoms with van der Waals surface area (Å²) in [5, 5.41) is 8.05. The maximum atomic E-state index is 13.5. The van der Waals surface area contributed by atoms with Crippen molar-refractivity contribution in [3.63, 3.8) is 0 Å². The molecule has 2 aromatic rings. The molecule has 0 spiro atoms. The minimum absolute atomic E-state index is 0.0138. The molecule has 13 heteroatoms. The van der Waals surface area contributed by atoms with Gasteiger partial charge in [-0.05, 0) is 59.4 Å². The number of pyridine rings is 1. The predicted octanol–water partition coefficient (Wildman–Crippen LogP) is 5.92. The van der Waals surface area contributed by atoms with E-state index in [9.17, 15) is 18.0 Å². The van der Waals surface area contributed by atoms with E-state index in [-0.39, 0.29) is 28.8 Å². The molecule has 1 fully saturated rings. The van der Waals surface area contributed by atoms with Gasteiger partial charge in [-0.2, -0.15) is 13.2 Å². The zero-order chi connectivity index (χ0) is 28.5. The number of hydrogen-bond donors (Lipinski definition) is 1. The van der Waals surface area contributed by atoms with Gasteiger partial charge in [0.1, 0.15) is 23.6 Å². The number of hydrogen-bond acceptors (Lipinski definition) is 7. The summed E-state index contributed by atoms with van der Waals surface area (Å²) in [7, 11) is 0. The number of carbonyl (C=O) groups is 1. The van der Waals surface area contributed by atoms with E-state index in [1.807, 2.05) is 0 Å². The number of carbonyl (C=O) groups excluding carboxylic acids is 1. The smallest absolute Gasteiger partial charge is 0.406 e. The summed E-state index contributed by atoms with van der Waals surface area (Å²) in [5.41, 5.74) is -0.179. The Bertz CT molecular complexity index is 1220. The van der Waals surface area contributed by atoms with Crippen LogP contribution in [0.2, 0.25) is 5.15 Å². The number of alkyl halides is 3. The molecule has 0 aromatic carbocycles. The van der Waals surface area contributed by atoms with Gasteiger partial charge in [0.25, 0.3) is 6.02 Å². The Morgan fingerprint density at radius 3 is 2.51 bits per heavy atom. The Morgan fingerprint density at radius 2 is 1.92 bits per heavy atom. The normalized spacial score (nSPS) is 17.4. The van der Waals surface area contributed by atoms with E-state index in [2.05, 4.69) is 15.0 Å². The van der Waals surface area contributed by atoms with Crippen molar-refractivity contribution in [3.8, 4) is 5.88 Å². The van der Waals surface area contributed by atoms with Crippen molar-refractivity contribution in [2.75, 3.05) is 11.4 Å². The number of nitrogens with zero attached hydrogens (tertiary/aromatic N) is 5. The summed E-state index contributed by atoms with van der Waals surface area (Å²) in [6, 6.07) is 2.12. The summed E-state index contributed by atoms with van der Waals surface area (Å²) < 4.78 is 50.2. The first-order valence-electron chi connectivity index (χ1n) is 12.9. The Hall–Kier alpha value is -3.15. The molecule has 1 saturated carbocycles. The van der Waals surface area contributed by atoms with E-state index in [1.54, 1.807) is 26.0 Å². The van der Waals surface area contributed by atoms with E-state index in [0.29, 0.717) is 17.1 Å². The van der Waals surface area contributed by atoms with Crippen LogP contribution in [-0.4, -0.2) is 56.6 Å². The lowest BCUT2D eigenvalue weighted by molar-refractivity contribution is -0.142. The Labute approximate surface area is 230 Å². The van der Waals surface area contributed by atoms with Crippen LogP contribution in [0.4, 0.5) is 24.7 Å². The van der Waals surface area contributed by atoms with Crippen molar-refractivity contribution < 1.29 is 27.4 Å². The molecule has 212 valence electrons. The van der Waals surface area contributed by atoms with Crippen molar-refractivity contribution >= 4 is 35.0 Å². The Morgan fingerprint density at radius 1 is 1.23 bits per heavy atom. The van der Waals surface area contributed by atoms with Gasteiger partial charge in [-0.3, -0.25) is 15.1 Å². The van der Waals surface area contributed by atoms with Crippen LogP contribution in [0.15, 0.2) is 18.3 Å². The number of amidine groups is 1. The number of amides is 1. The lowest BCUT2D eigenvalue weighted by Crippen LogP contribution is -2.43. The molecule has 2 aromatic heterocycles. The maximum Gasteiger partial charge on any atom is 0.406 e. The highest BCUT2D eigenvalue weighted by atomic mass is 35.5. The third-order valence-electron chi connectivity index (χ3n) is 6.86. The third-order valence-corrected chi connectivity index (χ3v) is 7.13. The van der Waals surface area contributed by atoms with Gasteiger partial charge in [0, 0.05) is 17.7 Å². The molecule has 1 aliphatic carbocycles. The quantitative estimate of drug-likeness (QED) is 0.251. The molecule has 2 aliphatic rings. The third kappa shape index (κ3) is 6.37. The summed E-state index contributed by atoms with van der Waals surface area (Å²) in [4.78, 5) is 28.7. The van der Waals surface area contributed by atoms with Gasteiger partial charge in [-0.15, -0.1) is 0 Å². The number of fused-ring (bicyclic) bond motifs is 1. The van der Waals surface area contributed by atoms with E-state index in [4.69, 9.17) is 26.5 Å². The maximum absolute atomic E-state index is 13.5. The summed E-state index contributed by atoms with van der Waals surface area (Å²) in [5.74, 6) is 0.422. The van der Waals surface area contributed by atoms with Crippen molar-refractivity contribution in [3.05, 3.63) is 34.9 Å². The highest BCUT2D eigenvalue weighted by Crippen LogP contribution is 2.46. The van der Waals surface area contributed by atoms with Crippen molar-refractivity contribution in [1.29, 1.82) is 5.41 Å². The Balaban J connectivity index is 1.56. The average Bonchev–Trinajstić information content (AvgIpc) is 3.06. The van der Waals surface area contributed by atoms with Gasteiger partial charge in [-0.25, -0.2) is 15.0 Å². The zero-order valence-electron chi connectivity index (χ0n) is 22.3. The molecule has 0 unspecified atom stereocenters. The topological polar surface area (TPSA) is 105 Å². The first-order chi connectivity index (χ1) is 18.3. The number of aromatic nitrogens is 3. The van der Waals surface area contributed by atoms with E-state index in [0.717, 1.165) is 30.6 Å². The monoisotopic (exact) mass is 568 g/mol. The van der Waals surface area contributed by atoms with Crippen LogP contribution in [0, 0.1) is 5.41 Å². The number of anilines is 2. The number of rotatable bonds is 7. The standard InChI is InChI=1S/C26H32ClF3N6O3/c1-15(2)35(14-26(28,29)30)24(31)38-13-18-33-21(27)20-22(34-18)36(23(37)25(20,3)4)16-10-11-19(32-12-16)39-17-8-6-5-7-9-17/h10-12,15,17,31H,5-9,13-14H2,1-4H3. The lowest BCUT2D eigenvalue weighted by atomic mass is 9.88. The number of halogens is 4. The molecule has 9 nitrogen and oxygen atoms in total. The van der Waals surface area contributed by atoms with E-state index >= 15 is 0 Å². The van der Waals surface area contributed by atoms with Gasteiger partial charge < -0.3 is 14.4 Å². The van der Waals surface area contributed by atoms with E-state index in [1.165, 1.54) is 31.4 Å². The fourth-order valence-corrected chi connectivity index (χ4v) is 5.19. The van der Waals surface area contributed by atoms with Crippen LogP contribution in [-0.2, 0) is 21.6 Å². The first kappa shape index (κ1) is 28.8. The number of nitrogens with one attached hydrogen (secondary N) is 1. The van der Waals surface area contributed by atoms with Gasteiger partial charge >= 0.3 is 6.18 Å². The SMILES string of the molecule is CC(C)N(CC(F)(F)F)C(=N)OCc1nc(Cl)c2c(n1)N(c1ccc(OC3CCCCC3)nc1)C(=O)C2(C)C. The van der Waals surface area contributed by atoms with E-state index < -0.39 is 36.8 Å². The van der Waals surface area contributed by atoms with Gasteiger partial charge in [0.05, 0.1) is 17.3 Å². The van der Waals surface area contributed by atoms with Crippen LogP contribution in [0.25, 0.3) is 0 Å². The second-order valence-electron chi connectivity index (χ2n) is 10.6. The Kier molecular flexibility index (Phi) is 8.25. The minimum Gasteiger partial charge on any atom is -0.474 e. The van der Waals surface area contributed by atoms with Crippen LogP contribution in [0.5, 0.6) is 5.88 Å². The highest BCUT2D eigenvalue weighted by molar-refractivity contribution is 6.32. The molecule has 3 heterocycles. The summed E-state index contributed by atoms with van der Waals surface area (Å²) >= 11 is 6.49. The highest BCUT2D eigenvalue weighted by Gasteiger charge is 2.48. The van der Waals surface area contributed by atoms with Crippen LogP contribution < -0.4 is 9.64 Å². The molecule has 39 heavy (non-hydrogen) atoms. The van der Waals surface area contributed by atoms with Gasteiger partial charge in [-0.1, -0.05) is 18.0 Å². The van der Waals surface area contributed by atoms with Gasteiger partial charge in [0.15, 0.2) is 12.4 Å². The molecule has 0 saturated heterocycles. The fraction of sp³-hybridized carbons (Fsp3) is 0.577. The molecule has 1 N–H and O–H groups in total. The largest absolute Gasteiger partial charge is 0.474 e. The van der Waals surface area contributed by atoms with Crippen LogP contribution in [0.1, 0.15) is 71.2 Å². The van der Waals surface area contributed by atoms with Gasteiger partial charge in [0.2, 0.25) is 11.8 Å². The second kappa shape index (κ2) is 11.1. The lowest BCUT2D eigenvalue weighted by Gasteiger charge is -2.29. The van der Waals surface area contributed by atoms with Crippen molar-refractivity contribution in [2.24, 2.45) is 0 Å². The predicted molar refractivity (Wildman–Crippen MR) is 139 cm³/mol. The fourth-order valence-electron chi connectivity index (χ4n) is 4.78. The average molecular weight is 569 g/mol. The molecular weight excluding hydrogens is 537 g/mol. The molecule has 0 bridgehead atoms. The molecule has 4 rings (SSSR count). The summed E-state index contributed by atoms with van der Waals surface area (Å²) in [6.07, 6.45) is 2.57.